The third-order valence-corrected chi connectivity index (χ3v) is 4.45. The Kier molecular flexibility index (Phi) is 5.43. The molecule has 21 heavy (non-hydrogen) atoms. The molecule has 0 aliphatic heterocycles. The van der Waals surface area contributed by atoms with E-state index in [2.05, 4.69) is 78.4 Å². The predicted octanol–water partition coefficient (Wildman–Crippen LogP) is 5.18. The van der Waals surface area contributed by atoms with Gasteiger partial charge in [-0.25, -0.2) is 0 Å². The molecule has 2 nitrogen and oxygen atoms in total. The lowest BCUT2D eigenvalue weighted by molar-refractivity contribution is 0.411. The average molecular weight is 348 g/mol. The van der Waals surface area contributed by atoms with Gasteiger partial charge in [-0.05, 0) is 65.5 Å². The Balaban J connectivity index is 2.12. The number of halogens is 1. The van der Waals surface area contributed by atoms with Crippen molar-refractivity contribution in [2.45, 2.75) is 32.9 Å². The zero-order valence-electron chi connectivity index (χ0n) is 13.0. The summed E-state index contributed by atoms with van der Waals surface area (Å²) in [4.78, 5) is 0. The van der Waals surface area contributed by atoms with Crippen LogP contribution in [-0.4, -0.2) is 7.11 Å². The van der Waals surface area contributed by atoms with Crippen LogP contribution in [0.3, 0.4) is 0 Å². The fraction of sp³-hybridized carbons (Fsp3) is 0.333. The van der Waals surface area contributed by atoms with Crippen LogP contribution in [0.2, 0.25) is 0 Å². The van der Waals surface area contributed by atoms with E-state index in [1.54, 1.807) is 7.11 Å². The van der Waals surface area contributed by atoms with Gasteiger partial charge in [0.25, 0.3) is 0 Å². The molecule has 0 amide bonds. The minimum absolute atomic E-state index is 0.266. The van der Waals surface area contributed by atoms with Crippen LogP contribution in [0.5, 0.6) is 5.75 Å². The summed E-state index contributed by atoms with van der Waals surface area (Å²) >= 11 is 3.55. The number of hydrogen-bond donors (Lipinski definition) is 1. The summed E-state index contributed by atoms with van der Waals surface area (Å²) in [6.45, 7) is 6.54. The molecule has 0 heterocycles. The minimum atomic E-state index is 0.266. The third-order valence-electron chi connectivity index (χ3n) is 3.83. The lowest BCUT2D eigenvalue weighted by Crippen LogP contribution is -2.23. The molecule has 1 unspecified atom stereocenters. The van der Waals surface area contributed by atoms with E-state index in [1.165, 1.54) is 16.7 Å². The van der Waals surface area contributed by atoms with E-state index in [0.717, 1.165) is 10.2 Å². The van der Waals surface area contributed by atoms with Gasteiger partial charge in [0, 0.05) is 12.1 Å². The number of hydrogen-bond acceptors (Lipinski definition) is 2. The van der Waals surface area contributed by atoms with Crippen molar-refractivity contribution < 1.29 is 4.74 Å². The first-order chi connectivity index (χ1) is 10.0. The van der Waals surface area contributed by atoms with Crippen LogP contribution >= 0.6 is 15.9 Å². The van der Waals surface area contributed by atoms with Crippen molar-refractivity contribution in [3.05, 3.63) is 63.6 Å². The maximum atomic E-state index is 5.28. The van der Waals surface area contributed by atoms with E-state index < -0.39 is 0 Å². The minimum Gasteiger partial charge on any atom is -0.496 e. The molecule has 0 aliphatic carbocycles. The quantitative estimate of drug-likeness (QED) is 0.804. The molecule has 0 fully saturated rings. The van der Waals surface area contributed by atoms with E-state index in [4.69, 9.17) is 4.74 Å². The summed E-state index contributed by atoms with van der Waals surface area (Å²) in [6.07, 6.45) is 0. The van der Waals surface area contributed by atoms with Crippen molar-refractivity contribution >= 4 is 15.9 Å². The van der Waals surface area contributed by atoms with Crippen LogP contribution in [0, 0.1) is 6.92 Å². The van der Waals surface area contributed by atoms with Gasteiger partial charge in [-0.2, -0.15) is 0 Å². The highest BCUT2D eigenvalue weighted by atomic mass is 79.9. The van der Waals surface area contributed by atoms with Crippen LogP contribution in [0.4, 0.5) is 0 Å². The molecule has 2 aromatic carbocycles. The predicted molar refractivity (Wildman–Crippen MR) is 91.8 cm³/mol. The molecular weight excluding hydrogens is 326 g/mol. The molecule has 2 rings (SSSR count). The zero-order chi connectivity index (χ0) is 15.4. The summed E-state index contributed by atoms with van der Waals surface area (Å²) in [5.74, 6) is 0.859. The van der Waals surface area contributed by atoms with Crippen molar-refractivity contribution in [2.75, 3.05) is 7.11 Å². The summed E-state index contributed by atoms with van der Waals surface area (Å²) in [6, 6.07) is 15.3. The highest BCUT2D eigenvalue weighted by Crippen LogP contribution is 2.29. The highest BCUT2D eigenvalue weighted by Gasteiger charge is 2.13. The molecule has 0 saturated heterocycles. The molecule has 3 heteroatoms. The first-order valence-corrected chi connectivity index (χ1v) is 7.97. The summed E-state index contributed by atoms with van der Waals surface area (Å²) in [5, 5.41) is 3.66. The second-order valence-corrected chi connectivity index (χ2v) is 6.21. The Bertz CT molecular complexity index is 612. The van der Waals surface area contributed by atoms with Gasteiger partial charge < -0.3 is 10.1 Å². The van der Waals surface area contributed by atoms with Crippen LogP contribution < -0.4 is 10.1 Å². The average Bonchev–Trinajstić information content (AvgIpc) is 2.47. The molecule has 0 radical (unpaired) electrons. The molecule has 0 aromatic heterocycles. The zero-order valence-corrected chi connectivity index (χ0v) is 14.6. The first kappa shape index (κ1) is 16.1. The second-order valence-electron chi connectivity index (χ2n) is 5.36. The molecule has 0 spiro atoms. The number of nitrogens with one attached hydrogen (secondary N) is 1. The SMILES string of the molecule is COc1ccc(C(C)N[C@H](C)c2ccccc2C)cc1Br. The van der Waals surface area contributed by atoms with E-state index in [-0.39, 0.29) is 6.04 Å². The molecule has 2 aromatic rings. The summed E-state index contributed by atoms with van der Waals surface area (Å²) < 4.78 is 6.26. The summed E-state index contributed by atoms with van der Waals surface area (Å²) in [7, 11) is 1.68. The van der Waals surface area contributed by atoms with Gasteiger partial charge >= 0.3 is 0 Å². The number of rotatable bonds is 5. The van der Waals surface area contributed by atoms with Gasteiger partial charge in [0.05, 0.1) is 11.6 Å². The number of ether oxygens (including phenoxy) is 1. The molecule has 112 valence electrons. The lowest BCUT2D eigenvalue weighted by Gasteiger charge is -2.22. The largest absolute Gasteiger partial charge is 0.496 e. The van der Waals surface area contributed by atoms with Gasteiger partial charge in [-0.15, -0.1) is 0 Å². The van der Waals surface area contributed by atoms with Crippen LogP contribution in [0.15, 0.2) is 46.9 Å². The van der Waals surface area contributed by atoms with E-state index in [9.17, 15) is 0 Å². The van der Waals surface area contributed by atoms with Crippen LogP contribution in [0.25, 0.3) is 0 Å². The fourth-order valence-corrected chi connectivity index (χ4v) is 3.14. The Morgan fingerprint density at radius 3 is 2.38 bits per heavy atom. The Labute approximate surface area is 135 Å². The molecule has 0 aliphatic rings. The molecule has 2 atom stereocenters. The monoisotopic (exact) mass is 347 g/mol. The van der Waals surface area contributed by atoms with E-state index in [1.807, 2.05) is 6.07 Å². The van der Waals surface area contributed by atoms with Gasteiger partial charge in [0.15, 0.2) is 0 Å². The first-order valence-electron chi connectivity index (χ1n) is 7.18. The smallest absolute Gasteiger partial charge is 0.133 e. The topological polar surface area (TPSA) is 21.3 Å². The lowest BCUT2D eigenvalue weighted by atomic mass is 10.0. The van der Waals surface area contributed by atoms with Crippen molar-refractivity contribution in [2.24, 2.45) is 0 Å². The molecular formula is C18H22BrNO. The second kappa shape index (κ2) is 7.10. The molecule has 0 saturated carbocycles. The Morgan fingerprint density at radius 1 is 1.05 bits per heavy atom. The molecule has 1 N–H and O–H groups in total. The van der Waals surface area contributed by atoms with E-state index in [0.29, 0.717) is 6.04 Å². The Hall–Kier alpha value is -1.32. The maximum absolute atomic E-state index is 5.28. The number of aryl methyl sites for hydroxylation is 1. The standard InChI is InChI=1S/C18H22BrNO/c1-12-7-5-6-8-16(12)14(3)20-13(2)15-9-10-18(21-4)17(19)11-15/h5-11,13-14,20H,1-4H3/t13?,14-/m1/s1. The highest BCUT2D eigenvalue weighted by molar-refractivity contribution is 9.10. The summed E-state index contributed by atoms with van der Waals surface area (Å²) in [5.41, 5.74) is 3.90. The number of methoxy groups -OCH3 is 1. The third kappa shape index (κ3) is 3.86. The Morgan fingerprint density at radius 2 is 1.76 bits per heavy atom. The van der Waals surface area contributed by atoms with Crippen molar-refractivity contribution in [1.29, 1.82) is 0 Å². The van der Waals surface area contributed by atoms with Gasteiger partial charge in [-0.3, -0.25) is 0 Å². The van der Waals surface area contributed by atoms with Crippen LogP contribution in [-0.2, 0) is 0 Å². The van der Waals surface area contributed by atoms with Crippen molar-refractivity contribution in [3.8, 4) is 5.75 Å². The fourth-order valence-electron chi connectivity index (χ4n) is 2.59. The van der Waals surface area contributed by atoms with E-state index >= 15 is 0 Å². The van der Waals surface area contributed by atoms with Crippen molar-refractivity contribution in [3.63, 3.8) is 0 Å². The van der Waals surface area contributed by atoms with Gasteiger partial charge in [0.2, 0.25) is 0 Å². The van der Waals surface area contributed by atoms with Gasteiger partial charge in [0.1, 0.15) is 5.75 Å². The molecule has 0 bridgehead atoms. The van der Waals surface area contributed by atoms with Crippen LogP contribution in [0.1, 0.15) is 42.6 Å². The maximum Gasteiger partial charge on any atom is 0.133 e. The number of benzene rings is 2. The van der Waals surface area contributed by atoms with Gasteiger partial charge in [-0.1, -0.05) is 30.3 Å². The normalized spacial score (nSPS) is 13.8. The van der Waals surface area contributed by atoms with Crippen molar-refractivity contribution in [1.82, 2.24) is 5.32 Å².